The van der Waals surface area contributed by atoms with Gasteiger partial charge in [-0.05, 0) is 19.1 Å². The fourth-order valence-corrected chi connectivity index (χ4v) is 4.00. The minimum absolute atomic E-state index is 0.105. The van der Waals surface area contributed by atoms with Crippen molar-refractivity contribution in [2.45, 2.75) is 13.5 Å². The number of ether oxygens (including phenoxy) is 5. The summed E-state index contributed by atoms with van der Waals surface area (Å²) in [5, 5.41) is 0. The Morgan fingerprint density at radius 2 is 1.72 bits per heavy atom. The number of esters is 1. The first kappa shape index (κ1) is 23.1. The summed E-state index contributed by atoms with van der Waals surface area (Å²) in [6, 6.07) is 10.4. The summed E-state index contributed by atoms with van der Waals surface area (Å²) in [7, 11) is 4.61. The predicted molar refractivity (Wildman–Crippen MR) is 119 cm³/mol. The molecule has 1 aromatic heterocycles. The lowest BCUT2D eigenvalue weighted by Gasteiger charge is -2.09. The van der Waals surface area contributed by atoms with Gasteiger partial charge in [0.1, 0.15) is 18.0 Å². The molecule has 32 heavy (non-hydrogen) atoms. The molecule has 0 aliphatic carbocycles. The standard InChI is InChI=1S/C22H24N2O7S/c1-5-30-21(26)12-24-16-10-17(28-3)18(29-4)11-19(16)32-22(24)23-20(25)13-31-15-8-6-7-14(9-15)27-2/h6-11H,5,12-13H2,1-4H3. The monoisotopic (exact) mass is 460 g/mol. The topological polar surface area (TPSA) is 97.6 Å². The summed E-state index contributed by atoms with van der Waals surface area (Å²) < 4.78 is 28.9. The molecule has 1 heterocycles. The minimum Gasteiger partial charge on any atom is -0.497 e. The van der Waals surface area contributed by atoms with Crippen LogP contribution in [-0.2, 0) is 20.9 Å². The zero-order valence-electron chi connectivity index (χ0n) is 18.2. The van der Waals surface area contributed by atoms with E-state index < -0.39 is 11.9 Å². The Morgan fingerprint density at radius 3 is 2.41 bits per heavy atom. The molecule has 0 aliphatic rings. The van der Waals surface area contributed by atoms with E-state index in [4.69, 9.17) is 23.7 Å². The highest BCUT2D eigenvalue weighted by Crippen LogP contribution is 2.33. The highest BCUT2D eigenvalue weighted by atomic mass is 32.1. The second kappa shape index (κ2) is 10.7. The van der Waals surface area contributed by atoms with Gasteiger partial charge in [0.15, 0.2) is 22.9 Å². The fourth-order valence-electron chi connectivity index (χ4n) is 2.95. The van der Waals surface area contributed by atoms with Crippen molar-refractivity contribution in [3.63, 3.8) is 0 Å². The van der Waals surface area contributed by atoms with Crippen LogP contribution in [0.25, 0.3) is 10.2 Å². The zero-order valence-corrected chi connectivity index (χ0v) is 19.1. The zero-order chi connectivity index (χ0) is 23.1. The van der Waals surface area contributed by atoms with Crippen molar-refractivity contribution in [2.75, 3.05) is 34.5 Å². The first-order valence-corrected chi connectivity index (χ1v) is 10.6. The Labute approximate surface area is 188 Å². The van der Waals surface area contributed by atoms with E-state index in [1.807, 2.05) is 0 Å². The first-order chi connectivity index (χ1) is 15.5. The van der Waals surface area contributed by atoms with Crippen molar-refractivity contribution < 1.29 is 33.3 Å². The first-order valence-electron chi connectivity index (χ1n) is 9.74. The molecule has 9 nitrogen and oxygen atoms in total. The second-order valence-electron chi connectivity index (χ2n) is 6.42. The average Bonchev–Trinajstić information content (AvgIpc) is 3.12. The number of hydrogen-bond donors (Lipinski definition) is 0. The molecule has 0 bridgehead atoms. The van der Waals surface area contributed by atoms with Crippen molar-refractivity contribution in [1.29, 1.82) is 0 Å². The molecule has 0 unspecified atom stereocenters. The third-order valence-corrected chi connectivity index (χ3v) is 5.45. The molecule has 0 atom stereocenters. The number of rotatable bonds is 9. The largest absolute Gasteiger partial charge is 0.497 e. The van der Waals surface area contributed by atoms with Gasteiger partial charge in [0.05, 0.1) is 38.2 Å². The summed E-state index contributed by atoms with van der Waals surface area (Å²) in [6.45, 7) is 1.60. The van der Waals surface area contributed by atoms with Gasteiger partial charge in [-0.2, -0.15) is 4.99 Å². The predicted octanol–water partition coefficient (Wildman–Crippen LogP) is 2.80. The average molecular weight is 461 g/mol. The summed E-state index contributed by atoms with van der Waals surface area (Å²) in [4.78, 5) is 29.2. The molecule has 3 rings (SSSR count). The highest BCUT2D eigenvalue weighted by Gasteiger charge is 2.16. The van der Waals surface area contributed by atoms with Crippen molar-refractivity contribution in [2.24, 2.45) is 4.99 Å². The Balaban J connectivity index is 1.95. The molecule has 0 spiro atoms. The second-order valence-corrected chi connectivity index (χ2v) is 7.43. The van der Waals surface area contributed by atoms with Crippen LogP contribution in [0.15, 0.2) is 41.4 Å². The maximum absolute atomic E-state index is 12.5. The van der Waals surface area contributed by atoms with Crippen LogP contribution in [0.4, 0.5) is 0 Å². The molecule has 0 saturated carbocycles. The van der Waals surface area contributed by atoms with Gasteiger partial charge in [-0.25, -0.2) is 0 Å². The lowest BCUT2D eigenvalue weighted by Crippen LogP contribution is -2.24. The normalized spacial score (nSPS) is 11.3. The third kappa shape index (κ3) is 5.38. The Morgan fingerprint density at radius 1 is 1.00 bits per heavy atom. The number of aromatic nitrogens is 1. The smallest absolute Gasteiger partial charge is 0.326 e. The van der Waals surface area contributed by atoms with E-state index in [0.717, 1.165) is 4.70 Å². The molecule has 3 aromatic rings. The van der Waals surface area contributed by atoms with Gasteiger partial charge in [-0.15, -0.1) is 0 Å². The fraction of sp³-hybridized carbons (Fsp3) is 0.318. The van der Waals surface area contributed by atoms with Crippen LogP contribution in [0, 0.1) is 0 Å². The molecule has 0 saturated heterocycles. The SMILES string of the molecule is CCOC(=O)Cn1c(=NC(=O)COc2cccc(OC)c2)sc2cc(OC)c(OC)cc21. The van der Waals surface area contributed by atoms with Crippen LogP contribution in [0.2, 0.25) is 0 Å². The maximum atomic E-state index is 12.5. The third-order valence-electron chi connectivity index (χ3n) is 4.40. The molecule has 0 radical (unpaired) electrons. The van der Waals surface area contributed by atoms with E-state index in [1.54, 1.807) is 55.0 Å². The van der Waals surface area contributed by atoms with Crippen molar-refractivity contribution >= 4 is 33.4 Å². The molecule has 0 aliphatic heterocycles. The van der Waals surface area contributed by atoms with Gasteiger partial charge in [0.25, 0.3) is 5.91 Å². The van der Waals surface area contributed by atoms with Crippen LogP contribution in [0.5, 0.6) is 23.0 Å². The maximum Gasteiger partial charge on any atom is 0.326 e. The number of nitrogens with zero attached hydrogens (tertiary/aromatic N) is 2. The van der Waals surface area contributed by atoms with Crippen LogP contribution in [0.1, 0.15) is 6.92 Å². The highest BCUT2D eigenvalue weighted by molar-refractivity contribution is 7.16. The number of amides is 1. The lowest BCUT2D eigenvalue weighted by molar-refractivity contribution is -0.143. The van der Waals surface area contributed by atoms with Crippen LogP contribution < -0.4 is 23.7 Å². The summed E-state index contributed by atoms with van der Waals surface area (Å²) in [5.41, 5.74) is 0.668. The van der Waals surface area contributed by atoms with Gasteiger partial charge < -0.3 is 28.3 Å². The van der Waals surface area contributed by atoms with Crippen molar-refractivity contribution in [1.82, 2.24) is 4.57 Å². The Kier molecular flexibility index (Phi) is 7.72. The molecule has 1 amide bonds. The number of thiazole rings is 1. The van der Waals surface area contributed by atoms with Gasteiger partial charge in [0, 0.05) is 18.2 Å². The van der Waals surface area contributed by atoms with Gasteiger partial charge in [-0.1, -0.05) is 17.4 Å². The van der Waals surface area contributed by atoms with Crippen LogP contribution in [-0.4, -0.2) is 51.0 Å². The van der Waals surface area contributed by atoms with E-state index in [1.165, 1.54) is 25.6 Å². The molecule has 2 aromatic carbocycles. The van der Waals surface area contributed by atoms with E-state index >= 15 is 0 Å². The van der Waals surface area contributed by atoms with Crippen molar-refractivity contribution in [3.05, 3.63) is 41.2 Å². The quantitative estimate of drug-likeness (QED) is 0.453. The number of benzene rings is 2. The molecule has 0 fully saturated rings. The molecule has 10 heteroatoms. The number of methoxy groups -OCH3 is 3. The van der Waals surface area contributed by atoms with Crippen LogP contribution in [0.3, 0.4) is 0 Å². The number of carbonyl (C=O) groups is 2. The van der Waals surface area contributed by atoms with Crippen molar-refractivity contribution in [3.8, 4) is 23.0 Å². The molecule has 0 N–H and O–H groups in total. The van der Waals surface area contributed by atoms with Crippen LogP contribution >= 0.6 is 11.3 Å². The van der Waals surface area contributed by atoms with Gasteiger partial charge in [-0.3, -0.25) is 9.59 Å². The summed E-state index contributed by atoms with van der Waals surface area (Å²) >= 11 is 1.25. The van der Waals surface area contributed by atoms with Gasteiger partial charge >= 0.3 is 5.97 Å². The number of hydrogen-bond acceptors (Lipinski definition) is 8. The summed E-state index contributed by atoms with van der Waals surface area (Å²) in [6.07, 6.45) is 0. The number of carbonyl (C=O) groups excluding carboxylic acids is 2. The summed E-state index contributed by atoms with van der Waals surface area (Å²) in [5.74, 6) is 1.18. The molecule has 170 valence electrons. The molecular formula is C22H24N2O7S. The van der Waals surface area contributed by atoms with E-state index in [9.17, 15) is 9.59 Å². The number of fused-ring (bicyclic) bond motifs is 1. The van der Waals surface area contributed by atoms with Gasteiger partial charge in [0.2, 0.25) is 0 Å². The van der Waals surface area contributed by atoms with E-state index in [0.29, 0.717) is 33.3 Å². The lowest BCUT2D eigenvalue weighted by atomic mass is 10.3. The van der Waals surface area contributed by atoms with E-state index in [-0.39, 0.29) is 19.8 Å². The molecular weight excluding hydrogens is 436 g/mol. The Hall–Kier alpha value is -3.53. The minimum atomic E-state index is -0.504. The van der Waals surface area contributed by atoms with E-state index in [2.05, 4.69) is 4.99 Å². The Bertz CT molecular complexity index is 1180.